The molecule has 0 amide bonds. The molecule has 0 unspecified atom stereocenters. The molecule has 0 saturated heterocycles. The molecule has 0 bridgehead atoms. The van der Waals surface area contributed by atoms with Gasteiger partial charge >= 0.3 is 0 Å². The van der Waals surface area contributed by atoms with Crippen LogP contribution in [0.15, 0.2) is 46.4 Å². The Morgan fingerprint density at radius 1 is 1.39 bits per heavy atom. The summed E-state index contributed by atoms with van der Waals surface area (Å²) in [5.74, 6) is 0.611. The van der Waals surface area contributed by atoms with E-state index in [1.165, 1.54) is 0 Å². The molecule has 1 N–H and O–H groups in total. The maximum absolute atomic E-state index is 9.12. The van der Waals surface area contributed by atoms with Crippen LogP contribution in [-0.2, 0) is 7.05 Å². The summed E-state index contributed by atoms with van der Waals surface area (Å²) in [4.78, 5) is 1.15. The van der Waals surface area contributed by atoms with Gasteiger partial charge in [-0.1, -0.05) is 23.4 Å². The molecule has 0 saturated carbocycles. The molecule has 1 aromatic carbocycles. The normalized spacial score (nSPS) is 11.8. The van der Waals surface area contributed by atoms with Crippen LogP contribution >= 0.6 is 11.8 Å². The van der Waals surface area contributed by atoms with Crippen molar-refractivity contribution in [2.24, 2.45) is 12.2 Å². The standard InChI is InChI=1S/C13H15N3OS/c1-10-8-13(16(2)14-10)12(15-17)9-18-11-6-4-3-5-7-11/h3-8,17H,9H2,1-2H3/b15-12-. The van der Waals surface area contributed by atoms with Crippen molar-refractivity contribution >= 4 is 17.5 Å². The van der Waals surface area contributed by atoms with Gasteiger partial charge in [-0.25, -0.2) is 0 Å². The minimum atomic E-state index is 0.611. The lowest BCUT2D eigenvalue weighted by atomic mass is 10.3. The molecule has 0 radical (unpaired) electrons. The van der Waals surface area contributed by atoms with Crippen LogP contribution in [0.3, 0.4) is 0 Å². The number of oxime groups is 1. The van der Waals surface area contributed by atoms with E-state index in [9.17, 15) is 0 Å². The molecule has 0 spiro atoms. The Kier molecular flexibility index (Phi) is 4.04. The lowest BCUT2D eigenvalue weighted by molar-refractivity contribution is 0.319. The maximum atomic E-state index is 9.12. The minimum absolute atomic E-state index is 0.611. The predicted molar refractivity (Wildman–Crippen MR) is 73.4 cm³/mol. The van der Waals surface area contributed by atoms with Gasteiger partial charge in [-0.05, 0) is 25.1 Å². The highest BCUT2D eigenvalue weighted by Crippen LogP contribution is 2.19. The number of rotatable bonds is 4. The first-order valence-electron chi connectivity index (χ1n) is 5.60. The Hall–Kier alpha value is -1.75. The first-order chi connectivity index (χ1) is 8.70. The molecule has 2 rings (SSSR count). The molecular weight excluding hydrogens is 246 g/mol. The summed E-state index contributed by atoms with van der Waals surface area (Å²) in [5.41, 5.74) is 2.39. The third-order valence-corrected chi connectivity index (χ3v) is 3.56. The molecule has 0 atom stereocenters. The molecule has 0 aliphatic carbocycles. The van der Waals surface area contributed by atoms with Gasteiger partial charge in [-0.15, -0.1) is 11.8 Å². The van der Waals surface area contributed by atoms with E-state index >= 15 is 0 Å². The van der Waals surface area contributed by atoms with Crippen molar-refractivity contribution in [3.05, 3.63) is 47.8 Å². The highest BCUT2D eigenvalue weighted by Gasteiger charge is 2.11. The Bertz CT molecular complexity index is 549. The molecule has 4 nitrogen and oxygen atoms in total. The topological polar surface area (TPSA) is 50.4 Å². The number of hydrogen-bond acceptors (Lipinski definition) is 4. The van der Waals surface area contributed by atoms with E-state index in [4.69, 9.17) is 5.21 Å². The number of hydrogen-bond donors (Lipinski definition) is 1. The zero-order valence-electron chi connectivity index (χ0n) is 10.4. The van der Waals surface area contributed by atoms with Gasteiger partial charge in [-0.3, -0.25) is 4.68 Å². The monoisotopic (exact) mass is 261 g/mol. The van der Waals surface area contributed by atoms with Gasteiger partial charge < -0.3 is 5.21 Å². The van der Waals surface area contributed by atoms with Crippen molar-refractivity contribution in [1.82, 2.24) is 9.78 Å². The Labute approximate surface area is 110 Å². The molecule has 0 aliphatic rings. The first kappa shape index (κ1) is 12.7. The zero-order chi connectivity index (χ0) is 13.0. The van der Waals surface area contributed by atoms with Gasteiger partial charge in [0.25, 0.3) is 0 Å². The number of thioether (sulfide) groups is 1. The quantitative estimate of drug-likeness (QED) is 0.398. The van der Waals surface area contributed by atoms with Crippen LogP contribution < -0.4 is 0 Å². The SMILES string of the molecule is Cc1cc(/C(CSc2ccccc2)=N\O)n(C)n1. The lowest BCUT2D eigenvalue weighted by Gasteiger charge is -2.04. The predicted octanol–water partition coefficient (Wildman–Crippen LogP) is 2.70. The van der Waals surface area contributed by atoms with E-state index in [0.717, 1.165) is 16.3 Å². The van der Waals surface area contributed by atoms with E-state index in [-0.39, 0.29) is 0 Å². The largest absolute Gasteiger partial charge is 0.411 e. The second-order valence-corrected chi connectivity index (χ2v) is 4.99. The highest BCUT2D eigenvalue weighted by atomic mass is 32.2. The van der Waals surface area contributed by atoms with E-state index in [1.54, 1.807) is 16.4 Å². The molecule has 0 aliphatic heterocycles. The Morgan fingerprint density at radius 2 is 2.11 bits per heavy atom. The van der Waals surface area contributed by atoms with Crippen LogP contribution in [0.1, 0.15) is 11.4 Å². The van der Waals surface area contributed by atoms with E-state index in [1.807, 2.05) is 50.4 Å². The van der Waals surface area contributed by atoms with Crippen molar-refractivity contribution in [2.75, 3.05) is 5.75 Å². The third-order valence-electron chi connectivity index (χ3n) is 2.54. The number of benzene rings is 1. The van der Waals surface area contributed by atoms with Crippen molar-refractivity contribution in [3.8, 4) is 0 Å². The molecule has 94 valence electrons. The molecule has 1 aromatic heterocycles. The van der Waals surface area contributed by atoms with Crippen molar-refractivity contribution in [3.63, 3.8) is 0 Å². The summed E-state index contributed by atoms with van der Waals surface area (Å²) in [7, 11) is 1.85. The van der Waals surface area contributed by atoms with Crippen LogP contribution in [0, 0.1) is 6.92 Å². The second-order valence-electron chi connectivity index (χ2n) is 3.94. The minimum Gasteiger partial charge on any atom is -0.411 e. The second kappa shape index (κ2) is 5.73. The lowest BCUT2D eigenvalue weighted by Crippen LogP contribution is -2.10. The Balaban J connectivity index is 2.10. The molecular formula is C13H15N3OS. The van der Waals surface area contributed by atoms with Crippen LogP contribution in [0.25, 0.3) is 0 Å². The fourth-order valence-corrected chi connectivity index (χ4v) is 2.56. The van der Waals surface area contributed by atoms with Gasteiger partial charge in [0.15, 0.2) is 0 Å². The smallest absolute Gasteiger partial charge is 0.115 e. The van der Waals surface area contributed by atoms with E-state index in [2.05, 4.69) is 10.3 Å². The molecule has 18 heavy (non-hydrogen) atoms. The third kappa shape index (κ3) is 2.92. The first-order valence-corrected chi connectivity index (χ1v) is 6.59. The van der Waals surface area contributed by atoms with Gasteiger partial charge in [0.2, 0.25) is 0 Å². The number of aryl methyl sites for hydroxylation is 2. The summed E-state index contributed by atoms with van der Waals surface area (Å²) in [5, 5.41) is 16.8. The maximum Gasteiger partial charge on any atom is 0.115 e. The highest BCUT2D eigenvalue weighted by molar-refractivity contribution is 8.00. The summed E-state index contributed by atoms with van der Waals surface area (Å²) in [6.45, 7) is 1.92. The van der Waals surface area contributed by atoms with Crippen LogP contribution in [0.4, 0.5) is 0 Å². The molecule has 1 heterocycles. The fraction of sp³-hybridized carbons (Fsp3) is 0.231. The summed E-state index contributed by atoms with van der Waals surface area (Å²) < 4.78 is 1.73. The van der Waals surface area contributed by atoms with Crippen LogP contribution in [-0.4, -0.2) is 26.5 Å². The van der Waals surface area contributed by atoms with Gasteiger partial charge in [0, 0.05) is 17.7 Å². The van der Waals surface area contributed by atoms with Crippen molar-refractivity contribution in [1.29, 1.82) is 0 Å². The molecule has 2 aromatic rings. The Morgan fingerprint density at radius 3 is 2.67 bits per heavy atom. The zero-order valence-corrected chi connectivity index (χ0v) is 11.2. The van der Waals surface area contributed by atoms with Gasteiger partial charge in [0.05, 0.1) is 11.4 Å². The van der Waals surface area contributed by atoms with E-state index < -0.39 is 0 Å². The fourth-order valence-electron chi connectivity index (χ4n) is 1.70. The van der Waals surface area contributed by atoms with Crippen LogP contribution in [0.5, 0.6) is 0 Å². The van der Waals surface area contributed by atoms with Gasteiger partial charge in [0.1, 0.15) is 5.71 Å². The average Bonchev–Trinajstić information content (AvgIpc) is 2.71. The average molecular weight is 261 g/mol. The summed E-state index contributed by atoms with van der Waals surface area (Å²) in [6, 6.07) is 12.0. The van der Waals surface area contributed by atoms with Gasteiger partial charge in [-0.2, -0.15) is 5.10 Å². The summed E-state index contributed by atoms with van der Waals surface area (Å²) >= 11 is 1.63. The summed E-state index contributed by atoms with van der Waals surface area (Å²) in [6.07, 6.45) is 0. The molecule has 0 fully saturated rings. The van der Waals surface area contributed by atoms with E-state index in [0.29, 0.717) is 11.5 Å². The number of nitrogens with zero attached hydrogens (tertiary/aromatic N) is 3. The van der Waals surface area contributed by atoms with Crippen molar-refractivity contribution < 1.29 is 5.21 Å². The van der Waals surface area contributed by atoms with Crippen LogP contribution in [0.2, 0.25) is 0 Å². The molecule has 5 heteroatoms. The number of aromatic nitrogens is 2. The van der Waals surface area contributed by atoms with Crippen molar-refractivity contribution in [2.45, 2.75) is 11.8 Å².